The van der Waals surface area contributed by atoms with Crippen molar-refractivity contribution in [1.29, 1.82) is 0 Å². The topological polar surface area (TPSA) is 0 Å². The molecule has 0 rings (SSSR count). The lowest BCUT2D eigenvalue weighted by Gasteiger charge is -1.95. The first-order valence-corrected chi connectivity index (χ1v) is 4.12. The van der Waals surface area contributed by atoms with Gasteiger partial charge in [-0.2, -0.15) is 0 Å². The van der Waals surface area contributed by atoms with Crippen LogP contribution in [-0.4, -0.2) is 0 Å². The molecule has 0 N–H and O–H groups in total. The zero-order valence-electron chi connectivity index (χ0n) is 6.74. The van der Waals surface area contributed by atoms with Gasteiger partial charge < -0.3 is 0 Å². The molecule has 0 nitrogen and oxygen atoms in total. The molecule has 0 aliphatic heterocycles. The highest BCUT2D eigenvalue weighted by Gasteiger charge is 1.86. The summed E-state index contributed by atoms with van der Waals surface area (Å²) in [6.07, 6.45) is 11.1. The summed E-state index contributed by atoms with van der Waals surface area (Å²) in [5.74, 6) is 0. The van der Waals surface area contributed by atoms with E-state index in [4.69, 9.17) is 0 Å². The second-order valence-electron chi connectivity index (χ2n) is 2.41. The third-order valence-electron chi connectivity index (χ3n) is 1.46. The van der Waals surface area contributed by atoms with Crippen molar-refractivity contribution >= 4 is 0 Å². The maximum atomic E-state index is 3.31. The van der Waals surface area contributed by atoms with E-state index >= 15 is 0 Å². The Morgan fingerprint density at radius 3 is 2.33 bits per heavy atom. The van der Waals surface area contributed by atoms with Gasteiger partial charge in [0.1, 0.15) is 0 Å². The average molecular weight is 126 g/mol. The molecular formula is C9H18. The number of unbranched alkanes of at least 4 members (excludes halogenated alkanes) is 6. The van der Waals surface area contributed by atoms with Crippen molar-refractivity contribution in [3.05, 3.63) is 6.42 Å². The highest BCUT2D eigenvalue weighted by Crippen LogP contribution is 2.04. The molecule has 54 valence electrons. The van der Waals surface area contributed by atoms with E-state index in [2.05, 4.69) is 20.3 Å². The van der Waals surface area contributed by atoms with Gasteiger partial charge in [-0.15, -0.1) is 0 Å². The Labute approximate surface area is 59.7 Å². The van der Waals surface area contributed by atoms with Crippen molar-refractivity contribution in [3.63, 3.8) is 0 Å². The van der Waals surface area contributed by atoms with E-state index in [9.17, 15) is 0 Å². The Hall–Kier alpha value is 0. The van der Waals surface area contributed by atoms with Crippen LogP contribution in [0.3, 0.4) is 0 Å². The second-order valence-corrected chi connectivity index (χ2v) is 2.41. The van der Waals surface area contributed by atoms with Gasteiger partial charge in [-0.05, 0) is 19.3 Å². The van der Waals surface area contributed by atoms with Crippen LogP contribution in [0.4, 0.5) is 0 Å². The minimum Gasteiger partial charge on any atom is -0.0654 e. The first-order chi connectivity index (χ1) is 4.41. The van der Waals surface area contributed by atoms with Crippen LogP contribution in [0.15, 0.2) is 0 Å². The van der Waals surface area contributed by atoms with E-state index in [0.717, 1.165) is 6.42 Å². The van der Waals surface area contributed by atoms with Crippen molar-refractivity contribution in [3.8, 4) is 0 Å². The average Bonchev–Trinajstić information content (AvgIpc) is 1.89. The Bertz CT molecular complexity index is 33.3. The van der Waals surface area contributed by atoms with Gasteiger partial charge in [-0.25, -0.2) is 0 Å². The molecule has 0 saturated carbocycles. The van der Waals surface area contributed by atoms with Gasteiger partial charge >= 0.3 is 0 Å². The van der Waals surface area contributed by atoms with Crippen LogP contribution in [-0.2, 0) is 0 Å². The highest BCUT2D eigenvalue weighted by atomic mass is 13.9. The summed E-state index contributed by atoms with van der Waals surface area (Å²) in [6.45, 7) is 4.40. The third kappa shape index (κ3) is 8.00. The second kappa shape index (κ2) is 8.00. The van der Waals surface area contributed by atoms with Crippen LogP contribution in [0.5, 0.6) is 0 Å². The smallest absolute Gasteiger partial charge is 0.0176 e. The Morgan fingerprint density at radius 2 is 1.78 bits per heavy atom. The molecule has 0 atom stereocenters. The maximum Gasteiger partial charge on any atom is -0.0176 e. The van der Waals surface area contributed by atoms with Gasteiger partial charge in [0.15, 0.2) is 0 Å². The Morgan fingerprint density at radius 1 is 1.00 bits per heavy atom. The molecule has 0 aliphatic carbocycles. The van der Waals surface area contributed by atoms with Crippen molar-refractivity contribution in [1.82, 2.24) is 0 Å². The van der Waals surface area contributed by atoms with Crippen molar-refractivity contribution in [2.24, 2.45) is 0 Å². The fourth-order valence-electron chi connectivity index (χ4n) is 0.854. The molecule has 0 spiro atoms. The molecule has 0 aromatic heterocycles. The zero-order chi connectivity index (χ0) is 6.95. The molecule has 0 fully saturated rings. The number of hydrogen-bond acceptors (Lipinski definition) is 0. The minimum atomic E-state index is 1.12. The van der Waals surface area contributed by atoms with Gasteiger partial charge in [0.25, 0.3) is 0 Å². The predicted molar refractivity (Wildman–Crippen MR) is 42.3 cm³/mol. The quantitative estimate of drug-likeness (QED) is 0.478. The fraction of sp³-hybridized carbons (Fsp3) is 0.889. The molecule has 0 saturated heterocycles. The molecule has 2 radical (unpaired) electrons. The number of rotatable bonds is 6. The van der Waals surface area contributed by atoms with Crippen molar-refractivity contribution in [2.45, 2.75) is 52.4 Å². The van der Waals surface area contributed by atoms with E-state index in [1.165, 1.54) is 32.1 Å². The van der Waals surface area contributed by atoms with E-state index in [-0.39, 0.29) is 0 Å². The molecule has 0 heteroatoms. The summed E-state index contributed by atoms with van der Waals surface area (Å²) in [6, 6.07) is 0. The summed E-state index contributed by atoms with van der Waals surface area (Å²) < 4.78 is 0. The lowest BCUT2D eigenvalue weighted by atomic mass is 10.1. The van der Waals surface area contributed by atoms with Crippen LogP contribution in [0, 0.1) is 6.42 Å². The molecule has 0 heterocycles. The van der Waals surface area contributed by atoms with Crippen molar-refractivity contribution in [2.75, 3.05) is 0 Å². The summed E-state index contributed by atoms with van der Waals surface area (Å²) >= 11 is 0. The summed E-state index contributed by atoms with van der Waals surface area (Å²) in [4.78, 5) is 0. The SMILES string of the molecule is CC[C]CCCCCC. The molecule has 0 unspecified atom stereocenters. The van der Waals surface area contributed by atoms with Crippen LogP contribution in [0.1, 0.15) is 52.4 Å². The molecule has 0 aromatic rings. The lowest BCUT2D eigenvalue weighted by Crippen LogP contribution is -1.77. The van der Waals surface area contributed by atoms with E-state index in [1.807, 2.05) is 0 Å². The summed E-state index contributed by atoms with van der Waals surface area (Å²) in [5, 5.41) is 0. The Balaban J connectivity index is 2.60. The molecule has 0 bridgehead atoms. The van der Waals surface area contributed by atoms with E-state index in [0.29, 0.717) is 0 Å². The monoisotopic (exact) mass is 126 g/mol. The van der Waals surface area contributed by atoms with Crippen LogP contribution in [0.2, 0.25) is 0 Å². The normalized spacial score (nSPS) is 10.0. The summed E-state index contributed by atoms with van der Waals surface area (Å²) in [5.41, 5.74) is 0. The number of hydrogen-bond donors (Lipinski definition) is 0. The molecular weight excluding hydrogens is 108 g/mol. The maximum absolute atomic E-state index is 3.31. The lowest BCUT2D eigenvalue weighted by molar-refractivity contribution is 0.655. The van der Waals surface area contributed by atoms with Crippen LogP contribution < -0.4 is 0 Å². The predicted octanol–water partition coefficient (Wildman–Crippen LogP) is 3.45. The molecule has 9 heavy (non-hydrogen) atoms. The van der Waals surface area contributed by atoms with Gasteiger partial charge in [0.05, 0.1) is 0 Å². The molecule has 0 aliphatic rings. The van der Waals surface area contributed by atoms with Crippen LogP contribution >= 0.6 is 0 Å². The van der Waals surface area contributed by atoms with Gasteiger partial charge in [-0.1, -0.05) is 39.5 Å². The third-order valence-corrected chi connectivity index (χ3v) is 1.46. The fourth-order valence-corrected chi connectivity index (χ4v) is 0.854. The zero-order valence-corrected chi connectivity index (χ0v) is 6.74. The van der Waals surface area contributed by atoms with Crippen molar-refractivity contribution < 1.29 is 0 Å². The first-order valence-electron chi connectivity index (χ1n) is 4.12. The Kier molecular flexibility index (Phi) is 8.00. The minimum absolute atomic E-state index is 1.12. The largest absolute Gasteiger partial charge is 0.0654 e. The van der Waals surface area contributed by atoms with Crippen LogP contribution in [0.25, 0.3) is 0 Å². The van der Waals surface area contributed by atoms with E-state index in [1.54, 1.807) is 0 Å². The van der Waals surface area contributed by atoms with Gasteiger partial charge in [-0.3, -0.25) is 0 Å². The summed E-state index contributed by atoms with van der Waals surface area (Å²) in [7, 11) is 0. The van der Waals surface area contributed by atoms with Gasteiger partial charge in [0.2, 0.25) is 0 Å². The molecule has 0 amide bonds. The first kappa shape index (κ1) is 9.00. The highest BCUT2D eigenvalue weighted by molar-refractivity contribution is 4.60. The van der Waals surface area contributed by atoms with Gasteiger partial charge in [0, 0.05) is 0 Å². The van der Waals surface area contributed by atoms with E-state index < -0.39 is 0 Å². The molecule has 0 aromatic carbocycles. The standard InChI is InChI=1S/C9H18/c1-3-5-7-9-8-6-4-2/h3-5,7-9H2,1-2H3.